The van der Waals surface area contributed by atoms with Gasteiger partial charge in [0.15, 0.2) is 0 Å². The topological polar surface area (TPSA) is 73.4 Å². The molecular weight excluding hydrogens is 232 g/mol. The molecule has 0 saturated carbocycles. The fourth-order valence-corrected chi connectivity index (χ4v) is 2.25. The second-order valence-corrected chi connectivity index (χ2v) is 4.75. The molecule has 1 amide bonds. The summed E-state index contributed by atoms with van der Waals surface area (Å²) in [6, 6.07) is 0. The quantitative estimate of drug-likeness (QED) is 0.827. The van der Waals surface area contributed by atoms with E-state index in [0.29, 0.717) is 31.9 Å². The minimum absolute atomic E-state index is 0.0345. The summed E-state index contributed by atoms with van der Waals surface area (Å²) < 4.78 is 7.44. The number of hydrogen-bond donors (Lipinski definition) is 1. The summed E-state index contributed by atoms with van der Waals surface area (Å²) in [7, 11) is 0. The number of imidazole rings is 1. The molecule has 6 nitrogen and oxygen atoms in total. The number of carbonyl (C=O) groups excluding carboxylic acids is 1. The number of nitrogens with zero attached hydrogens (tertiary/aromatic N) is 3. The Morgan fingerprint density at radius 1 is 1.50 bits per heavy atom. The van der Waals surface area contributed by atoms with Crippen LogP contribution in [0.1, 0.15) is 24.3 Å². The van der Waals surface area contributed by atoms with Crippen molar-refractivity contribution in [2.75, 3.05) is 19.6 Å². The van der Waals surface area contributed by atoms with E-state index < -0.39 is 0 Å². The zero-order valence-electron chi connectivity index (χ0n) is 10.9. The minimum atomic E-state index is -0.0345. The molecule has 2 heterocycles. The van der Waals surface area contributed by atoms with Gasteiger partial charge in [-0.25, -0.2) is 4.98 Å². The van der Waals surface area contributed by atoms with Crippen molar-refractivity contribution in [3.05, 3.63) is 18.2 Å². The highest BCUT2D eigenvalue weighted by atomic mass is 16.5. The summed E-state index contributed by atoms with van der Waals surface area (Å²) in [5.74, 6) is -0.0345. The number of aromatic nitrogens is 2. The van der Waals surface area contributed by atoms with E-state index in [0.717, 1.165) is 0 Å². The molecule has 2 N–H and O–H groups in total. The molecule has 6 heteroatoms. The molecule has 0 aliphatic carbocycles. The van der Waals surface area contributed by atoms with Crippen molar-refractivity contribution in [3.8, 4) is 0 Å². The smallest absolute Gasteiger partial charge is 0.274 e. The maximum Gasteiger partial charge on any atom is 0.274 e. The average molecular weight is 252 g/mol. The van der Waals surface area contributed by atoms with Crippen LogP contribution in [-0.2, 0) is 11.3 Å². The number of carbonyl (C=O) groups is 1. The van der Waals surface area contributed by atoms with Crippen molar-refractivity contribution >= 4 is 5.91 Å². The lowest BCUT2D eigenvalue weighted by Crippen LogP contribution is -2.48. The van der Waals surface area contributed by atoms with Crippen LogP contribution in [0.3, 0.4) is 0 Å². The van der Waals surface area contributed by atoms with Gasteiger partial charge in [0.1, 0.15) is 5.69 Å². The zero-order chi connectivity index (χ0) is 13.1. The van der Waals surface area contributed by atoms with Crippen molar-refractivity contribution in [1.29, 1.82) is 0 Å². The van der Waals surface area contributed by atoms with E-state index in [1.165, 1.54) is 0 Å². The minimum Gasteiger partial charge on any atom is -0.372 e. The van der Waals surface area contributed by atoms with Crippen molar-refractivity contribution in [1.82, 2.24) is 14.5 Å². The number of rotatable bonds is 3. The van der Waals surface area contributed by atoms with Gasteiger partial charge >= 0.3 is 0 Å². The van der Waals surface area contributed by atoms with Crippen LogP contribution in [0, 0.1) is 0 Å². The van der Waals surface area contributed by atoms with E-state index in [2.05, 4.69) is 4.98 Å². The van der Waals surface area contributed by atoms with E-state index in [4.69, 9.17) is 10.5 Å². The van der Waals surface area contributed by atoms with E-state index in [9.17, 15) is 4.79 Å². The largest absolute Gasteiger partial charge is 0.372 e. The molecule has 1 aliphatic rings. The van der Waals surface area contributed by atoms with Gasteiger partial charge in [-0.2, -0.15) is 0 Å². The Labute approximate surface area is 107 Å². The Morgan fingerprint density at radius 3 is 2.78 bits per heavy atom. The van der Waals surface area contributed by atoms with Crippen LogP contribution < -0.4 is 5.73 Å². The molecule has 1 aromatic heterocycles. The van der Waals surface area contributed by atoms with Crippen molar-refractivity contribution in [2.24, 2.45) is 5.73 Å². The first kappa shape index (κ1) is 13.0. The predicted molar refractivity (Wildman–Crippen MR) is 67.2 cm³/mol. The van der Waals surface area contributed by atoms with Crippen LogP contribution in [0.5, 0.6) is 0 Å². The summed E-state index contributed by atoms with van der Waals surface area (Å²) in [6.07, 6.45) is 3.54. The summed E-state index contributed by atoms with van der Waals surface area (Å²) in [5, 5.41) is 0. The third-order valence-corrected chi connectivity index (χ3v) is 2.95. The second-order valence-electron chi connectivity index (χ2n) is 4.75. The third kappa shape index (κ3) is 2.88. The molecule has 2 rings (SSSR count). The molecule has 100 valence electrons. The van der Waals surface area contributed by atoms with E-state index in [1.807, 2.05) is 18.4 Å². The maximum atomic E-state index is 12.3. The van der Waals surface area contributed by atoms with Crippen molar-refractivity contribution < 1.29 is 9.53 Å². The molecule has 0 spiro atoms. The number of nitrogens with two attached hydrogens (primary N) is 1. The highest BCUT2D eigenvalue weighted by Gasteiger charge is 2.27. The SMILES string of the molecule is C[C@@H]1CN(C(=O)c2cn(CCN)cn2)C[C@H](C)O1. The van der Waals surface area contributed by atoms with Gasteiger partial charge in [-0.3, -0.25) is 4.79 Å². The summed E-state index contributed by atoms with van der Waals surface area (Å²) in [5.41, 5.74) is 5.94. The second kappa shape index (κ2) is 5.49. The van der Waals surface area contributed by atoms with Gasteiger partial charge in [-0.15, -0.1) is 0 Å². The first-order valence-electron chi connectivity index (χ1n) is 6.26. The van der Waals surface area contributed by atoms with Crippen LogP contribution in [0.15, 0.2) is 12.5 Å². The lowest BCUT2D eigenvalue weighted by Gasteiger charge is -2.34. The van der Waals surface area contributed by atoms with Gasteiger partial charge in [0.05, 0.1) is 18.5 Å². The van der Waals surface area contributed by atoms with Gasteiger partial charge in [0, 0.05) is 32.4 Å². The Hall–Kier alpha value is -1.40. The van der Waals surface area contributed by atoms with Crippen LogP contribution in [0.25, 0.3) is 0 Å². The van der Waals surface area contributed by atoms with Gasteiger partial charge in [-0.1, -0.05) is 0 Å². The summed E-state index contributed by atoms with van der Waals surface area (Å²) >= 11 is 0. The molecule has 1 saturated heterocycles. The van der Waals surface area contributed by atoms with Crippen LogP contribution in [-0.4, -0.2) is 52.2 Å². The van der Waals surface area contributed by atoms with Gasteiger partial charge < -0.3 is 19.9 Å². The molecule has 0 unspecified atom stereocenters. The Morgan fingerprint density at radius 2 is 2.17 bits per heavy atom. The first-order chi connectivity index (χ1) is 8.60. The fraction of sp³-hybridized carbons (Fsp3) is 0.667. The molecule has 2 atom stereocenters. The normalized spacial score (nSPS) is 24.3. The Balaban J connectivity index is 2.05. The molecular formula is C12H20N4O2. The highest BCUT2D eigenvalue weighted by molar-refractivity contribution is 5.92. The molecule has 0 aromatic carbocycles. The lowest BCUT2D eigenvalue weighted by atomic mass is 10.2. The molecule has 1 aromatic rings. The van der Waals surface area contributed by atoms with Crippen LogP contribution >= 0.6 is 0 Å². The number of ether oxygens (including phenoxy) is 1. The number of hydrogen-bond acceptors (Lipinski definition) is 4. The summed E-state index contributed by atoms with van der Waals surface area (Å²) in [4.78, 5) is 18.2. The zero-order valence-corrected chi connectivity index (χ0v) is 10.9. The summed E-state index contributed by atoms with van der Waals surface area (Å²) in [6.45, 7) is 6.40. The fourth-order valence-electron chi connectivity index (χ4n) is 2.25. The van der Waals surface area contributed by atoms with Crippen LogP contribution in [0.2, 0.25) is 0 Å². The van der Waals surface area contributed by atoms with E-state index in [-0.39, 0.29) is 18.1 Å². The Kier molecular flexibility index (Phi) is 3.98. The monoisotopic (exact) mass is 252 g/mol. The van der Waals surface area contributed by atoms with Crippen molar-refractivity contribution in [3.63, 3.8) is 0 Å². The molecule has 1 aliphatic heterocycles. The first-order valence-corrected chi connectivity index (χ1v) is 6.26. The standard InChI is InChI=1S/C12H20N4O2/c1-9-5-16(6-10(2)18-9)12(17)11-7-15(4-3-13)8-14-11/h7-10H,3-6,13H2,1-2H3/t9-,10+. The predicted octanol–water partition coefficient (Wildman–Crippen LogP) is 0.0912. The number of morpholine rings is 1. The number of amides is 1. The Bertz CT molecular complexity index is 408. The average Bonchev–Trinajstić information content (AvgIpc) is 2.76. The van der Waals surface area contributed by atoms with Crippen molar-refractivity contribution in [2.45, 2.75) is 32.6 Å². The molecule has 18 heavy (non-hydrogen) atoms. The molecule has 0 radical (unpaired) electrons. The van der Waals surface area contributed by atoms with E-state index >= 15 is 0 Å². The van der Waals surface area contributed by atoms with E-state index in [1.54, 1.807) is 17.4 Å². The lowest BCUT2D eigenvalue weighted by molar-refractivity contribution is -0.0587. The van der Waals surface area contributed by atoms with Gasteiger partial charge in [0.25, 0.3) is 5.91 Å². The van der Waals surface area contributed by atoms with Gasteiger partial charge in [0.2, 0.25) is 0 Å². The van der Waals surface area contributed by atoms with Gasteiger partial charge in [-0.05, 0) is 13.8 Å². The maximum absolute atomic E-state index is 12.3. The van der Waals surface area contributed by atoms with Crippen LogP contribution in [0.4, 0.5) is 0 Å². The third-order valence-electron chi connectivity index (χ3n) is 2.95. The molecule has 0 bridgehead atoms. The highest BCUT2D eigenvalue weighted by Crippen LogP contribution is 2.13. The molecule has 1 fully saturated rings.